The van der Waals surface area contributed by atoms with Crippen LogP contribution in [0.2, 0.25) is 0 Å². The van der Waals surface area contributed by atoms with Gasteiger partial charge in [-0.05, 0) is 29.8 Å². The highest BCUT2D eigenvalue weighted by Gasteiger charge is 2.19. The van der Waals surface area contributed by atoms with E-state index < -0.39 is 6.04 Å². The van der Waals surface area contributed by atoms with E-state index in [1.54, 1.807) is 18.3 Å². The van der Waals surface area contributed by atoms with Crippen LogP contribution in [0.25, 0.3) is 0 Å². The van der Waals surface area contributed by atoms with Gasteiger partial charge in [-0.25, -0.2) is 0 Å². The number of aromatic nitrogens is 1. The molecule has 1 aromatic heterocycles. The average molecular weight is 359 g/mol. The summed E-state index contributed by atoms with van der Waals surface area (Å²) in [7, 11) is 0. The zero-order valence-electron chi connectivity index (χ0n) is 14.8. The molecule has 0 spiro atoms. The smallest absolute Gasteiger partial charge is 0.251 e. The summed E-state index contributed by atoms with van der Waals surface area (Å²) < 4.78 is 0. The molecule has 5 heteroatoms. The molecule has 0 aliphatic heterocycles. The summed E-state index contributed by atoms with van der Waals surface area (Å²) in [4.78, 5) is 29.2. The number of carbonyl (C=O) groups excluding carboxylic acids is 2. The largest absolute Gasteiger partial charge is 0.350 e. The SMILES string of the molecule is O=C(CC(NC(=O)c1ccccc1)c1ccccc1)NCc1ccccn1. The lowest BCUT2D eigenvalue weighted by molar-refractivity contribution is -0.121. The Morgan fingerprint density at radius 2 is 1.52 bits per heavy atom. The van der Waals surface area contributed by atoms with Crippen molar-refractivity contribution >= 4 is 11.8 Å². The Hall–Kier alpha value is -3.47. The maximum absolute atomic E-state index is 12.5. The van der Waals surface area contributed by atoms with Gasteiger partial charge in [-0.15, -0.1) is 0 Å². The molecule has 0 saturated heterocycles. The van der Waals surface area contributed by atoms with Crippen molar-refractivity contribution in [2.45, 2.75) is 19.0 Å². The van der Waals surface area contributed by atoms with Crippen molar-refractivity contribution in [1.29, 1.82) is 0 Å². The van der Waals surface area contributed by atoms with Crippen molar-refractivity contribution < 1.29 is 9.59 Å². The molecular weight excluding hydrogens is 338 g/mol. The van der Waals surface area contributed by atoms with Gasteiger partial charge < -0.3 is 10.6 Å². The number of hydrogen-bond acceptors (Lipinski definition) is 3. The number of benzene rings is 2. The molecule has 2 N–H and O–H groups in total. The average Bonchev–Trinajstić information content (AvgIpc) is 2.74. The fourth-order valence-corrected chi connectivity index (χ4v) is 2.72. The Labute approximate surface area is 158 Å². The highest BCUT2D eigenvalue weighted by Crippen LogP contribution is 2.17. The molecular formula is C22H21N3O2. The van der Waals surface area contributed by atoms with Crippen LogP contribution in [0.15, 0.2) is 85.1 Å². The minimum atomic E-state index is -0.414. The predicted octanol–water partition coefficient (Wildman–Crippen LogP) is 3.26. The molecule has 0 aliphatic carbocycles. The first kappa shape index (κ1) is 18.3. The summed E-state index contributed by atoms with van der Waals surface area (Å²) in [6, 6.07) is 23.6. The van der Waals surface area contributed by atoms with Gasteiger partial charge >= 0.3 is 0 Å². The predicted molar refractivity (Wildman–Crippen MR) is 104 cm³/mol. The fraction of sp³-hybridized carbons (Fsp3) is 0.136. The summed E-state index contributed by atoms with van der Waals surface area (Å²) in [5.41, 5.74) is 2.23. The number of amides is 2. The molecule has 0 radical (unpaired) electrons. The summed E-state index contributed by atoms with van der Waals surface area (Å²) in [6.45, 7) is 0.355. The van der Waals surface area contributed by atoms with E-state index in [2.05, 4.69) is 15.6 Å². The number of pyridine rings is 1. The fourth-order valence-electron chi connectivity index (χ4n) is 2.72. The topological polar surface area (TPSA) is 71.1 Å². The number of nitrogens with one attached hydrogen (secondary N) is 2. The Morgan fingerprint density at radius 3 is 2.19 bits per heavy atom. The molecule has 0 saturated carbocycles. The van der Waals surface area contributed by atoms with Gasteiger partial charge in [-0.3, -0.25) is 14.6 Å². The maximum Gasteiger partial charge on any atom is 0.251 e. The molecule has 2 amide bonds. The Balaban J connectivity index is 1.67. The van der Waals surface area contributed by atoms with E-state index in [0.717, 1.165) is 11.3 Å². The quantitative estimate of drug-likeness (QED) is 0.680. The molecule has 5 nitrogen and oxygen atoms in total. The van der Waals surface area contributed by atoms with Gasteiger partial charge in [0.15, 0.2) is 0 Å². The van der Waals surface area contributed by atoms with Gasteiger partial charge in [-0.2, -0.15) is 0 Å². The van der Waals surface area contributed by atoms with Crippen molar-refractivity contribution in [3.8, 4) is 0 Å². The normalized spacial score (nSPS) is 11.4. The third kappa shape index (κ3) is 5.51. The van der Waals surface area contributed by atoms with Gasteiger partial charge in [0.05, 0.1) is 24.7 Å². The molecule has 0 bridgehead atoms. The first-order chi connectivity index (χ1) is 13.2. The van der Waals surface area contributed by atoms with E-state index in [1.165, 1.54) is 0 Å². The first-order valence-corrected chi connectivity index (χ1v) is 8.80. The van der Waals surface area contributed by atoms with Crippen LogP contribution in [-0.4, -0.2) is 16.8 Å². The Kier molecular flexibility index (Phi) is 6.30. The van der Waals surface area contributed by atoms with E-state index in [0.29, 0.717) is 12.1 Å². The maximum atomic E-state index is 12.5. The monoisotopic (exact) mass is 359 g/mol. The van der Waals surface area contributed by atoms with Crippen molar-refractivity contribution in [1.82, 2.24) is 15.6 Å². The van der Waals surface area contributed by atoms with Crippen LogP contribution in [-0.2, 0) is 11.3 Å². The molecule has 0 fully saturated rings. The van der Waals surface area contributed by atoms with Crippen molar-refractivity contribution in [2.75, 3.05) is 0 Å². The van der Waals surface area contributed by atoms with Gasteiger partial charge in [0.25, 0.3) is 5.91 Å². The van der Waals surface area contributed by atoms with E-state index in [4.69, 9.17) is 0 Å². The zero-order valence-corrected chi connectivity index (χ0v) is 14.8. The van der Waals surface area contributed by atoms with Crippen LogP contribution >= 0.6 is 0 Å². The molecule has 1 heterocycles. The van der Waals surface area contributed by atoms with Crippen LogP contribution in [0, 0.1) is 0 Å². The van der Waals surface area contributed by atoms with Crippen LogP contribution in [0.3, 0.4) is 0 Å². The summed E-state index contributed by atoms with van der Waals surface area (Å²) in [5.74, 6) is -0.357. The molecule has 1 atom stereocenters. The first-order valence-electron chi connectivity index (χ1n) is 8.80. The van der Waals surface area contributed by atoms with E-state index in [1.807, 2.05) is 66.7 Å². The summed E-state index contributed by atoms with van der Waals surface area (Å²) >= 11 is 0. The number of carbonyl (C=O) groups is 2. The van der Waals surface area contributed by atoms with Crippen molar-refractivity contribution in [3.63, 3.8) is 0 Å². The second-order valence-electron chi connectivity index (χ2n) is 6.10. The Morgan fingerprint density at radius 1 is 0.852 bits per heavy atom. The summed E-state index contributed by atoms with van der Waals surface area (Å²) in [6.07, 6.45) is 1.84. The lowest BCUT2D eigenvalue weighted by Gasteiger charge is -2.19. The number of nitrogens with zero attached hydrogens (tertiary/aromatic N) is 1. The highest BCUT2D eigenvalue weighted by atomic mass is 16.2. The van der Waals surface area contributed by atoms with Gasteiger partial charge in [0, 0.05) is 11.8 Å². The highest BCUT2D eigenvalue weighted by molar-refractivity contribution is 5.94. The van der Waals surface area contributed by atoms with Crippen LogP contribution in [0.5, 0.6) is 0 Å². The van der Waals surface area contributed by atoms with Gasteiger partial charge in [-0.1, -0.05) is 54.6 Å². The Bertz CT molecular complexity index is 868. The van der Waals surface area contributed by atoms with Crippen LogP contribution in [0.4, 0.5) is 0 Å². The third-order valence-corrected chi connectivity index (χ3v) is 4.13. The summed E-state index contributed by atoms with van der Waals surface area (Å²) in [5, 5.41) is 5.82. The minimum absolute atomic E-state index is 0.148. The zero-order chi connectivity index (χ0) is 18.9. The molecule has 1 unspecified atom stereocenters. The standard InChI is InChI=1S/C22H21N3O2/c26-21(24-16-19-13-7-8-14-23-19)15-20(17-9-3-1-4-10-17)25-22(27)18-11-5-2-6-12-18/h1-14,20H,15-16H2,(H,24,26)(H,25,27). The lowest BCUT2D eigenvalue weighted by atomic mass is 10.0. The van der Waals surface area contributed by atoms with Gasteiger partial charge in [0.2, 0.25) is 5.91 Å². The molecule has 27 heavy (non-hydrogen) atoms. The van der Waals surface area contributed by atoms with Crippen LogP contribution < -0.4 is 10.6 Å². The third-order valence-electron chi connectivity index (χ3n) is 4.13. The second-order valence-corrected chi connectivity index (χ2v) is 6.10. The molecule has 2 aromatic carbocycles. The van der Waals surface area contributed by atoms with E-state index in [-0.39, 0.29) is 18.2 Å². The lowest BCUT2D eigenvalue weighted by Crippen LogP contribution is -2.33. The molecule has 3 aromatic rings. The molecule has 0 aliphatic rings. The van der Waals surface area contributed by atoms with E-state index >= 15 is 0 Å². The second kappa shape index (κ2) is 9.29. The van der Waals surface area contributed by atoms with Gasteiger partial charge in [0.1, 0.15) is 0 Å². The van der Waals surface area contributed by atoms with Crippen LogP contribution in [0.1, 0.15) is 34.1 Å². The number of hydrogen-bond donors (Lipinski definition) is 2. The van der Waals surface area contributed by atoms with Crippen molar-refractivity contribution in [3.05, 3.63) is 102 Å². The van der Waals surface area contributed by atoms with E-state index in [9.17, 15) is 9.59 Å². The number of rotatable bonds is 7. The molecule has 3 rings (SSSR count). The molecule has 136 valence electrons. The van der Waals surface area contributed by atoms with Crippen molar-refractivity contribution in [2.24, 2.45) is 0 Å². The minimum Gasteiger partial charge on any atom is -0.350 e.